The van der Waals surface area contributed by atoms with Crippen LogP contribution in [0.5, 0.6) is 0 Å². The second-order valence-corrected chi connectivity index (χ2v) is 7.70. The van der Waals surface area contributed by atoms with Crippen LogP contribution in [-0.2, 0) is 19.6 Å². The molecule has 0 amide bonds. The fourth-order valence-corrected chi connectivity index (χ4v) is 3.60. The molecule has 1 heterocycles. The van der Waals surface area contributed by atoms with Crippen molar-refractivity contribution in [3.05, 3.63) is 71.3 Å². The van der Waals surface area contributed by atoms with Gasteiger partial charge in [0.1, 0.15) is 0 Å². The van der Waals surface area contributed by atoms with E-state index in [0.29, 0.717) is 0 Å². The van der Waals surface area contributed by atoms with E-state index in [1.165, 1.54) is 16.7 Å². The molecule has 0 spiro atoms. The van der Waals surface area contributed by atoms with Gasteiger partial charge in [0.15, 0.2) is 5.96 Å². The Kier molecular flexibility index (Phi) is 7.46. The average molecular weight is 380 g/mol. The van der Waals surface area contributed by atoms with Crippen LogP contribution in [0.25, 0.3) is 0 Å². The Morgan fingerprint density at radius 2 is 1.54 bits per heavy atom. The number of piperazine rings is 1. The summed E-state index contributed by atoms with van der Waals surface area (Å²) in [7, 11) is 6.07. The number of hydrogen-bond acceptors (Lipinski definition) is 3. The Labute approximate surface area is 169 Å². The lowest BCUT2D eigenvalue weighted by Gasteiger charge is -2.36. The summed E-state index contributed by atoms with van der Waals surface area (Å²) in [6.07, 6.45) is 0. The van der Waals surface area contributed by atoms with Crippen LogP contribution in [0.4, 0.5) is 0 Å². The summed E-state index contributed by atoms with van der Waals surface area (Å²) in [5, 5.41) is 3.53. The maximum Gasteiger partial charge on any atom is 0.194 e. The van der Waals surface area contributed by atoms with E-state index >= 15 is 0 Å². The van der Waals surface area contributed by atoms with Crippen LogP contribution in [0, 0.1) is 0 Å². The minimum atomic E-state index is 0.805. The van der Waals surface area contributed by atoms with Gasteiger partial charge >= 0.3 is 0 Å². The molecule has 0 saturated carbocycles. The topological polar surface area (TPSA) is 34.1 Å². The molecule has 2 aromatic carbocycles. The third kappa shape index (κ3) is 6.08. The van der Waals surface area contributed by atoms with Crippen molar-refractivity contribution in [2.45, 2.75) is 19.6 Å². The van der Waals surface area contributed by atoms with E-state index in [9.17, 15) is 0 Å². The third-order valence-corrected chi connectivity index (χ3v) is 5.11. The summed E-state index contributed by atoms with van der Waals surface area (Å²) in [5.74, 6) is 0.997. The van der Waals surface area contributed by atoms with Crippen LogP contribution < -0.4 is 5.32 Å². The summed E-state index contributed by atoms with van der Waals surface area (Å²) in [6.45, 7) is 6.95. The summed E-state index contributed by atoms with van der Waals surface area (Å²) in [6, 6.07) is 19.5. The largest absolute Gasteiger partial charge is 0.352 e. The Balaban J connectivity index is 1.45. The first-order valence-corrected chi connectivity index (χ1v) is 10.1. The zero-order valence-electron chi connectivity index (χ0n) is 17.4. The van der Waals surface area contributed by atoms with Crippen LogP contribution in [-0.4, -0.2) is 68.0 Å². The molecule has 1 fully saturated rings. The van der Waals surface area contributed by atoms with Gasteiger partial charge in [-0.25, -0.2) is 0 Å². The molecule has 1 aliphatic heterocycles. The van der Waals surface area contributed by atoms with Crippen molar-refractivity contribution < 1.29 is 0 Å². The standard InChI is InChI=1S/C23H33N5/c1-24-23(25-17-20-9-11-22(12-10-20)18-26(2)3)28-15-13-27(14-16-28)19-21-7-5-4-6-8-21/h4-12H,13-19H2,1-3H3,(H,24,25). The quantitative estimate of drug-likeness (QED) is 0.618. The number of benzene rings is 2. The highest BCUT2D eigenvalue weighted by Crippen LogP contribution is 2.10. The molecular formula is C23H33N5. The lowest BCUT2D eigenvalue weighted by Crippen LogP contribution is -2.52. The van der Waals surface area contributed by atoms with Gasteiger partial charge in [-0.2, -0.15) is 0 Å². The van der Waals surface area contributed by atoms with Gasteiger partial charge in [-0.1, -0.05) is 54.6 Å². The van der Waals surface area contributed by atoms with Gasteiger partial charge in [-0.05, 0) is 30.8 Å². The zero-order chi connectivity index (χ0) is 19.8. The summed E-state index contributed by atoms with van der Waals surface area (Å²) in [5.41, 5.74) is 4.01. The first-order valence-electron chi connectivity index (χ1n) is 10.1. The molecule has 3 rings (SSSR count). The molecule has 1 N–H and O–H groups in total. The van der Waals surface area contributed by atoms with Crippen molar-refractivity contribution in [1.29, 1.82) is 0 Å². The first-order chi connectivity index (χ1) is 13.6. The van der Waals surface area contributed by atoms with Crippen LogP contribution in [0.15, 0.2) is 59.6 Å². The lowest BCUT2D eigenvalue weighted by molar-refractivity contribution is 0.172. The smallest absolute Gasteiger partial charge is 0.194 e. The van der Waals surface area contributed by atoms with E-state index in [0.717, 1.165) is 51.8 Å². The van der Waals surface area contributed by atoms with Gasteiger partial charge in [0.25, 0.3) is 0 Å². The van der Waals surface area contributed by atoms with E-state index in [1.807, 2.05) is 7.05 Å². The Morgan fingerprint density at radius 1 is 0.893 bits per heavy atom. The molecular weight excluding hydrogens is 346 g/mol. The third-order valence-electron chi connectivity index (χ3n) is 5.11. The average Bonchev–Trinajstić information content (AvgIpc) is 2.71. The van der Waals surface area contributed by atoms with Crippen LogP contribution in [0.3, 0.4) is 0 Å². The van der Waals surface area contributed by atoms with E-state index in [-0.39, 0.29) is 0 Å². The minimum Gasteiger partial charge on any atom is -0.352 e. The fourth-order valence-electron chi connectivity index (χ4n) is 3.60. The first kappa shape index (κ1) is 20.4. The number of nitrogens with zero attached hydrogens (tertiary/aromatic N) is 4. The molecule has 0 bridgehead atoms. The maximum atomic E-state index is 4.50. The predicted molar refractivity (Wildman–Crippen MR) is 117 cm³/mol. The van der Waals surface area contributed by atoms with E-state index in [1.54, 1.807) is 0 Å². The number of hydrogen-bond donors (Lipinski definition) is 1. The molecule has 28 heavy (non-hydrogen) atoms. The Bertz CT molecular complexity index is 731. The van der Waals surface area contributed by atoms with Gasteiger partial charge in [-0.15, -0.1) is 0 Å². The van der Waals surface area contributed by atoms with Crippen LogP contribution >= 0.6 is 0 Å². The number of nitrogens with one attached hydrogen (secondary N) is 1. The zero-order valence-corrected chi connectivity index (χ0v) is 17.4. The molecule has 0 radical (unpaired) electrons. The van der Waals surface area contributed by atoms with E-state index < -0.39 is 0 Å². The summed E-state index contributed by atoms with van der Waals surface area (Å²) < 4.78 is 0. The van der Waals surface area contributed by atoms with Crippen molar-refractivity contribution >= 4 is 5.96 Å². The Hall–Kier alpha value is -2.37. The van der Waals surface area contributed by atoms with Gasteiger partial charge < -0.3 is 15.1 Å². The predicted octanol–water partition coefficient (Wildman–Crippen LogP) is 2.64. The molecule has 1 saturated heterocycles. The highest BCUT2D eigenvalue weighted by atomic mass is 15.3. The number of aliphatic imine (C=N–C) groups is 1. The van der Waals surface area contributed by atoms with Crippen molar-refractivity contribution in [1.82, 2.24) is 20.0 Å². The maximum absolute atomic E-state index is 4.50. The summed E-state index contributed by atoms with van der Waals surface area (Å²) >= 11 is 0. The molecule has 2 aromatic rings. The highest BCUT2D eigenvalue weighted by Gasteiger charge is 2.19. The summed E-state index contributed by atoms with van der Waals surface area (Å²) in [4.78, 5) is 11.6. The number of rotatable bonds is 6. The molecule has 0 atom stereocenters. The molecule has 0 aliphatic carbocycles. The molecule has 150 valence electrons. The van der Waals surface area contributed by atoms with Gasteiger partial charge in [0.05, 0.1) is 0 Å². The molecule has 0 unspecified atom stereocenters. The molecule has 5 nitrogen and oxygen atoms in total. The fraction of sp³-hybridized carbons (Fsp3) is 0.435. The van der Waals surface area contributed by atoms with Crippen LogP contribution in [0.2, 0.25) is 0 Å². The normalized spacial score (nSPS) is 15.9. The lowest BCUT2D eigenvalue weighted by atomic mass is 10.1. The Morgan fingerprint density at radius 3 is 2.14 bits per heavy atom. The molecule has 0 aromatic heterocycles. The SMILES string of the molecule is CN=C(NCc1ccc(CN(C)C)cc1)N1CCN(Cc2ccccc2)CC1. The van der Waals surface area contributed by atoms with Gasteiger partial charge in [0.2, 0.25) is 0 Å². The van der Waals surface area contributed by atoms with Crippen molar-refractivity contribution in [3.63, 3.8) is 0 Å². The highest BCUT2D eigenvalue weighted by molar-refractivity contribution is 5.80. The van der Waals surface area contributed by atoms with Crippen LogP contribution in [0.1, 0.15) is 16.7 Å². The second-order valence-electron chi connectivity index (χ2n) is 7.70. The van der Waals surface area contributed by atoms with Crippen molar-refractivity contribution in [2.24, 2.45) is 4.99 Å². The van der Waals surface area contributed by atoms with E-state index in [4.69, 9.17) is 0 Å². The molecule has 1 aliphatic rings. The van der Waals surface area contributed by atoms with E-state index in [2.05, 4.69) is 93.7 Å². The van der Waals surface area contributed by atoms with Crippen molar-refractivity contribution in [3.8, 4) is 0 Å². The second kappa shape index (κ2) is 10.2. The number of guanidine groups is 1. The van der Waals surface area contributed by atoms with Gasteiger partial charge in [-0.3, -0.25) is 9.89 Å². The van der Waals surface area contributed by atoms with Crippen molar-refractivity contribution in [2.75, 3.05) is 47.3 Å². The minimum absolute atomic E-state index is 0.805. The monoisotopic (exact) mass is 379 g/mol. The van der Waals surface area contributed by atoms with Gasteiger partial charge in [0, 0.05) is 52.9 Å². The molecule has 5 heteroatoms.